The standard InChI is InChI=1S/C10H11N2O2/c11-10(14)9-3-1-6-5-7(13)2-4-8(6)12-9/h1,7,13H,2,4-5H2,(H2,11,14). The number of aromatic nitrogens is 1. The van der Waals surface area contributed by atoms with Crippen molar-refractivity contribution in [3.8, 4) is 0 Å². The lowest BCUT2D eigenvalue weighted by Crippen LogP contribution is -2.22. The molecule has 1 radical (unpaired) electrons. The average molecular weight is 191 g/mol. The Morgan fingerprint density at radius 2 is 2.50 bits per heavy atom. The van der Waals surface area contributed by atoms with Crippen LogP contribution >= 0.6 is 0 Å². The summed E-state index contributed by atoms with van der Waals surface area (Å²) >= 11 is 0. The number of primary amides is 1. The lowest BCUT2D eigenvalue weighted by molar-refractivity contribution is 0.0995. The van der Waals surface area contributed by atoms with Crippen LogP contribution in [0.2, 0.25) is 0 Å². The Morgan fingerprint density at radius 1 is 1.71 bits per heavy atom. The molecule has 3 N–H and O–H groups in total. The van der Waals surface area contributed by atoms with E-state index < -0.39 is 5.91 Å². The SMILES string of the molecule is NC(=O)c1[c]cc2c(n1)CCC(O)C2. The molecule has 0 saturated carbocycles. The predicted octanol–water partition coefficient (Wildman–Crippen LogP) is -0.170. The fourth-order valence-corrected chi connectivity index (χ4v) is 1.66. The second-order valence-electron chi connectivity index (χ2n) is 3.48. The van der Waals surface area contributed by atoms with Crippen LogP contribution in [0.5, 0.6) is 0 Å². The molecule has 1 aliphatic rings. The van der Waals surface area contributed by atoms with Gasteiger partial charge in [0.05, 0.1) is 6.10 Å². The maximum atomic E-state index is 10.8. The van der Waals surface area contributed by atoms with Gasteiger partial charge in [-0.25, -0.2) is 4.98 Å². The van der Waals surface area contributed by atoms with Crippen LogP contribution in [0.4, 0.5) is 0 Å². The van der Waals surface area contributed by atoms with Crippen molar-refractivity contribution in [2.24, 2.45) is 5.73 Å². The summed E-state index contributed by atoms with van der Waals surface area (Å²) in [5.74, 6) is -0.557. The molecule has 0 bridgehead atoms. The van der Waals surface area contributed by atoms with Crippen LogP contribution < -0.4 is 5.73 Å². The van der Waals surface area contributed by atoms with Gasteiger partial charge in [-0.1, -0.05) is 0 Å². The first kappa shape index (κ1) is 9.15. The highest BCUT2D eigenvalue weighted by molar-refractivity contribution is 5.90. The zero-order chi connectivity index (χ0) is 10.1. The van der Waals surface area contributed by atoms with Crippen molar-refractivity contribution in [2.75, 3.05) is 0 Å². The second-order valence-corrected chi connectivity index (χ2v) is 3.48. The van der Waals surface area contributed by atoms with Crippen molar-refractivity contribution in [1.82, 2.24) is 4.98 Å². The lowest BCUT2D eigenvalue weighted by Gasteiger charge is -2.19. The molecule has 1 heterocycles. The molecule has 0 saturated heterocycles. The zero-order valence-corrected chi connectivity index (χ0v) is 7.66. The highest BCUT2D eigenvalue weighted by atomic mass is 16.3. The average Bonchev–Trinajstić information content (AvgIpc) is 2.16. The van der Waals surface area contributed by atoms with Crippen molar-refractivity contribution < 1.29 is 9.90 Å². The van der Waals surface area contributed by atoms with Crippen LogP contribution in [-0.2, 0) is 12.8 Å². The molecular weight excluding hydrogens is 180 g/mol. The number of aliphatic hydroxyl groups excluding tert-OH is 1. The first-order valence-electron chi connectivity index (χ1n) is 4.55. The summed E-state index contributed by atoms with van der Waals surface area (Å²) in [5, 5.41) is 9.40. The fourth-order valence-electron chi connectivity index (χ4n) is 1.66. The molecule has 1 amide bonds. The molecule has 0 aromatic carbocycles. The van der Waals surface area contributed by atoms with E-state index >= 15 is 0 Å². The van der Waals surface area contributed by atoms with Crippen molar-refractivity contribution in [1.29, 1.82) is 0 Å². The Kier molecular flexibility index (Phi) is 2.21. The number of rotatable bonds is 1. The van der Waals surface area contributed by atoms with E-state index in [0.29, 0.717) is 19.3 Å². The Hall–Kier alpha value is -1.42. The van der Waals surface area contributed by atoms with E-state index in [-0.39, 0.29) is 11.8 Å². The normalized spacial score (nSPS) is 20.2. The summed E-state index contributed by atoms with van der Waals surface area (Å²) in [6.45, 7) is 0. The fraction of sp³-hybridized carbons (Fsp3) is 0.400. The number of aliphatic hydroxyl groups is 1. The number of pyridine rings is 1. The summed E-state index contributed by atoms with van der Waals surface area (Å²) in [4.78, 5) is 14.9. The Labute approximate surface area is 81.8 Å². The van der Waals surface area contributed by atoms with E-state index in [2.05, 4.69) is 11.1 Å². The highest BCUT2D eigenvalue weighted by Gasteiger charge is 2.18. The van der Waals surface area contributed by atoms with Crippen molar-refractivity contribution in [3.05, 3.63) is 29.1 Å². The van der Waals surface area contributed by atoms with Gasteiger partial charge >= 0.3 is 0 Å². The second kappa shape index (κ2) is 3.38. The summed E-state index contributed by atoms with van der Waals surface area (Å²) in [7, 11) is 0. The number of hydrogen-bond acceptors (Lipinski definition) is 3. The third-order valence-electron chi connectivity index (χ3n) is 2.40. The van der Waals surface area contributed by atoms with Crippen LogP contribution in [0.1, 0.15) is 28.2 Å². The van der Waals surface area contributed by atoms with E-state index in [0.717, 1.165) is 11.3 Å². The van der Waals surface area contributed by atoms with Gasteiger partial charge in [0.15, 0.2) is 0 Å². The van der Waals surface area contributed by atoms with Crippen LogP contribution in [0.25, 0.3) is 0 Å². The van der Waals surface area contributed by atoms with Gasteiger partial charge in [-0.2, -0.15) is 0 Å². The molecule has 0 fully saturated rings. The van der Waals surface area contributed by atoms with Crippen molar-refractivity contribution in [2.45, 2.75) is 25.4 Å². The van der Waals surface area contributed by atoms with Crippen molar-refractivity contribution in [3.63, 3.8) is 0 Å². The summed E-state index contributed by atoms with van der Waals surface area (Å²) in [6, 6.07) is 4.42. The minimum atomic E-state index is -0.557. The molecule has 0 spiro atoms. The number of carbonyl (C=O) groups is 1. The van der Waals surface area contributed by atoms with Crippen LogP contribution in [-0.4, -0.2) is 22.1 Å². The van der Waals surface area contributed by atoms with E-state index in [1.807, 2.05) is 0 Å². The largest absolute Gasteiger partial charge is 0.393 e. The molecule has 1 aromatic heterocycles. The Balaban J connectivity index is 2.36. The van der Waals surface area contributed by atoms with Crippen LogP contribution in [0.3, 0.4) is 0 Å². The van der Waals surface area contributed by atoms with Gasteiger partial charge in [-0.15, -0.1) is 0 Å². The number of fused-ring (bicyclic) bond motifs is 1. The van der Waals surface area contributed by atoms with Gasteiger partial charge in [0, 0.05) is 18.2 Å². The van der Waals surface area contributed by atoms with Gasteiger partial charge in [0.25, 0.3) is 5.91 Å². The minimum absolute atomic E-state index is 0.181. The van der Waals surface area contributed by atoms with Gasteiger partial charge < -0.3 is 10.8 Å². The number of amides is 1. The monoisotopic (exact) mass is 191 g/mol. The van der Waals surface area contributed by atoms with Crippen LogP contribution in [0.15, 0.2) is 6.07 Å². The zero-order valence-electron chi connectivity index (χ0n) is 7.66. The molecule has 1 aromatic rings. The molecule has 1 unspecified atom stereocenters. The molecule has 73 valence electrons. The molecule has 14 heavy (non-hydrogen) atoms. The van der Waals surface area contributed by atoms with E-state index in [9.17, 15) is 9.90 Å². The van der Waals surface area contributed by atoms with E-state index in [4.69, 9.17) is 5.73 Å². The molecular formula is C10H11N2O2. The predicted molar refractivity (Wildman–Crippen MR) is 49.6 cm³/mol. The number of carbonyl (C=O) groups excluding carboxylic acids is 1. The van der Waals surface area contributed by atoms with Gasteiger partial charge in [-0.05, 0) is 24.5 Å². The Morgan fingerprint density at radius 3 is 3.21 bits per heavy atom. The number of nitrogens with zero attached hydrogens (tertiary/aromatic N) is 1. The minimum Gasteiger partial charge on any atom is -0.393 e. The van der Waals surface area contributed by atoms with E-state index in [1.165, 1.54) is 0 Å². The Bertz CT molecular complexity index is 376. The summed E-state index contributed by atoms with van der Waals surface area (Å²) in [6.07, 6.45) is 1.70. The van der Waals surface area contributed by atoms with Crippen molar-refractivity contribution >= 4 is 5.91 Å². The topological polar surface area (TPSA) is 76.2 Å². The summed E-state index contributed by atoms with van der Waals surface area (Å²) in [5.41, 5.74) is 7.10. The lowest BCUT2D eigenvalue weighted by atomic mass is 9.93. The van der Waals surface area contributed by atoms with Gasteiger partial charge in [0.2, 0.25) is 0 Å². The maximum Gasteiger partial charge on any atom is 0.267 e. The van der Waals surface area contributed by atoms with Crippen LogP contribution in [0, 0.1) is 6.07 Å². The molecule has 1 aliphatic carbocycles. The first-order chi connectivity index (χ1) is 6.66. The number of hydrogen-bond donors (Lipinski definition) is 2. The molecule has 0 aliphatic heterocycles. The smallest absolute Gasteiger partial charge is 0.267 e. The molecule has 1 atom stereocenters. The highest BCUT2D eigenvalue weighted by Crippen LogP contribution is 2.19. The molecule has 2 rings (SSSR count). The van der Waals surface area contributed by atoms with Gasteiger partial charge in [0.1, 0.15) is 5.69 Å². The number of aryl methyl sites for hydroxylation is 1. The van der Waals surface area contributed by atoms with E-state index in [1.54, 1.807) is 6.07 Å². The third-order valence-corrected chi connectivity index (χ3v) is 2.40. The summed E-state index contributed by atoms with van der Waals surface area (Å²) < 4.78 is 0. The third kappa shape index (κ3) is 1.61. The number of nitrogens with two attached hydrogens (primary N) is 1. The van der Waals surface area contributed by atoms with Gasteiger partial charge in [-0.3, -0.25) is 4.79 Å². The molecule has 4 heteroatoms. The first-order valence-corrected chi connectivity index (χ1v) is 4.55. The quantitative estimate of drug-likeness (QED) is 0.647. The molecule has 4 nitrogen and oxygen atoms in total. The maximum absolute atomic E-state index is 10.8.